The van der Waals surface area contributed by atoms with E-state index in [0.717, 1.165) is 5.54 Å². The van der Waals surface area contributed by atoms with Crippen molar-refractivity contribution in [2.75, 3.05) is 0 Å². The minimum Gasteiger partial charge on any atom is -0.387 e. The van der Waals surface area contributed by atoms with Crippen molar-refractivity contribution in [2.45, 2.75) is 97.3 Å². The highest BCUT2D eigenvalue weighted by Crippen LogP contribution is 2.67. The Morgan fingerprint density at radius 1 is 0.842 bits per heavy atom. The largest absolute Gasteiger partial charge is 0.387 e. The molecule has 0 fully saturated rings. The van der Waals surface area contributed by atoms with Crippen molar-refractivity contribution >= 4 is 8.07 Å². The van der Waals surface area contributed by atoms with Crippen LogP contribution in [0.25, 0.3) is 0 Å². The summed E-state index contributed by atoms with van der Waals surface area (Å²) in [6.07, 6.45) is 0. The van der Waals surface area contributed by atoms with Crippen LogP contribution >= 0.6 is 0 Å². The number of nitrogens with one attached hydrogen (secondary N) is 1. The molecule has 0 aliphatic carbocycles. The van der Waals surface area contributed by atoms with Gasteiger partial charge in [0, 0.05) is 5.54 Å². The Hall–Kier alpha value is -0.243. The fraction of sp³-hybridized carbons (Fsp3) is 0.882. The topological polar surface area (TPSA) is 12.0 Å². The van der Waals surface area contributed by atoms with Gasteiger partial charge in [0.1, 0.15) is 8.07 Å². The molecule has 1 N–H and O–H groups in total. The van der Waals surface area contributed by atoms with Gasteiger partial charge in [-0.15, -0.1) is 0 Å². The number of rotatable bonds is 1. The van der Waals surface area contributed by atoms with Crippen LogP contribution in [0.1, 0.15) is 76.2 Å². The molecular weight excluding hydrogens is 246 g/mol. The summed E-state index contributed by atoms with van der Waals surface area (Å²) in [5, 5.41) is 6.29. The zero-order valence-electron chi connectivity index (χ0n) is 15.1. The first-order chi connectivity index (χ1) is 8.16. The molecule has 1 unspecified atom stereocenters. The van der Waals surface area contributed by atoms with E-state index in [2.05, 4.69) is 81.5 Å². The van der Waals surface area contributed by atoms with E-state index in [1.165, 1.54) is 0 Å². The van der Waals surface area contributed by atoms with E-state index in [-0.39, 0.29) is 5.54 Å². The number of hydrogen-bond acceptors (Lipinski definition) is 1. The fourth-order valence-electron chi connectivity index (χ4n) is 4.74. The van der Waals surface area contributed by atoms with Gasteiger partial charge >= 0.3 is 0 Å². The van der Waals surface area contributed by atoms with Crippen LogP contribution in [-0.4, -0.2) is 13.6 Å². The van der Waals surface area contributed by atoms with Crippen LogP contribution in [0.3, 0.4) is 0 Å². The van der Waals surface area contributed by atoms with Gasteiger partial charge in [-0.25, -0.2) is 0 Å². The van der Waals surface area contributed by atoms with Crippen LogP contribution in [0.5, 0.6) is 0 Å². The lowest BCUT2D eigenvalue weighted by Crippen LogP contribution is -2.67. The van der Waals surface area contributed by atoms with E-state index in [0.29, 0.717) is 10.1 Å². The Bertz CT molecular complexity index is 371. The average Bonchev–Trinajstić information content (AvgIpc) is 2.10. The maximum atomic E-state index is 3.88. The molecule has 1 atom stereocenters. The highest BCUT2D eigenvalue weighted by molar-refractivity contribution is 6.95. The molecule has 112 valence electrons. The van der Waals surface area contributed by atoms with E-state index in [4.69, 9.17) is 0 Å². The summed E-state index contributed by atoms with van der Waals surface area (Å²) in [5.74, 6) is 0. The quantitative estimate of drug-likeness (QED) is 0.613. The molecule has 2 heteroatoms. The molecule has 0 aromatic carbocycles. The molecule has 1 aliphatic heterocycles. The van der Waals surface area contributed by atoms with E-state index in [1.807, 2.05) is 0 Å². The number of hydrogen-bond donors (Lipinski definition) is 1. The Balaban J connectivity index is 3.43. The zero-order valence-corrected chi connectivity index (χ0v) is 16.1. The molecule has 0 bridgehead atoms. The summed E-state index contributed by atoms with van der Waals surface area (Å²) in [4.78, 5) is 0. The van der Waals surface area contributed by atoms with Gasteiger partial charge in [0.15, 0.2) is 0 Å². The van der Waals surface area contributed by atoms with Crippen LogP contribution < -0.4 is 5.32 Å². The van der Waals surface area contributed by atoms with Crippen LogP contribution in [-0.2, 0) is 0 Å². The van der Waals surface area contributed by atoms with Crippen LogP contribution in [0.15, 0.2) is 10.9 Å². The minimum absolute atomic E-state index is 0.158. The van der Waals surface area contributed by atoms with Gasteiger partial charge in [0.25, 0.3) is 0 Å². The van der Waals surface area contributed by atoms with Crippen molar-refractivity contribution in [3.63, 3.8) is 0 Å². The second-order valence-electron chi connectivity index (χ2n) is 9.46. The zero-order chi connectivity index (χ0) is 15.4. The second kappa shape index (κ2) is 4.38. The monoisotopic (exact) mass is 281 g/mol. The summed E-state index contributed by atoms with van der Waals surface area (Å²) in [7, 11) is -1.58. The maximum Gasteiger partial charge on any atom is 0.124 e. The minimum atomic E-state index is -1.58. The van der Waals surface area contributed by atoms with Crippen LogP contribution in [0, 0.1) is 0 Å². The predicted molar refractivity (Wildman–Crippen MR) is 90.2 cm³/mol. The first-order valence-corrected chi connectivity index (χ1v) is 9.73. The third-order valence-electron chi connectivity index (χ3n) is 4.95. The first kappa shape index (κ1) is 16.8. The van der Waals surface area contributed by atoms with E-state index < -0.39 is 8.07 Å². The smallest absolute Gasteiger partial charge is 0.124 e. The molecule has 19 heavy (non-hydrogen) atoms. The van der Waals surface area contributed by atoms with Crippen molar-refractivity contribution < 1.29 is 0 Å². The normalized spacial score (nSPS) is 24.3. The molecular formula is C17H35NSi. The SMILES string of the molecule is CC1=C(NC(C)(C)C)[Si](C(C)(C)C)(C(C)(C)C)C1C. The second-order valence-corrected chi connectivity index (χ2v) is 15.4. The average molecular weight is 282 g/mol. The lowest BCUT2D eigenvalue weighted by molar-refractivity contribution is 0.458. The lowest BCUT2D eigenvalue weighted by Gasteiger charge is -2.64. The molecule has 0 spiro atoms. The summed E-state index contributed by atoms with van der Waals surface area (Å²) in [5.41, 5.74) is 2.54. The number of allylic oxidation sites excluding steroid dienone is 1. The van der Waals surface area contributed by atoms with Crippen molar-refractivity contribution in [1.29, 1.82) is 0 Å². The van der Waals surface area contributed by atoms with Gasteiger partial charge in [0.05, 0.1) is 0 Å². The lowest BCUT2D eigenvalue weighted by atomic mass is 10.1. The van der Waals surface area contributed by atoms with Gasteiger partial charge in [0.2, 0.25) is 0 Å². The third kappa shape index (κ3) is 2.41. The molecule has 0 saturated carbocycles. The standard InChI is InChI=1S/C17H35NSi/c1-12-13(2)19(16(6,7)8,17(9,10)11)14(12)18-15(3,4)5/h13,18H,1-11H3. The van der Waals surface area contributed by atoms with Gasteiger partial charge in [-0.3, -0.25) is 0 Å². The van der Waals surface area contributed by atoms with E-state index in [1.54, 1.807) is 10.9 Å². The van der Waals surface area contributed by atoms with Crippen molar-refractivity contribution in [2.24, 2.45) is 0 Å². The summed E-state index contributed by atoms with van der Waals surface area (Å²) >= 11 is 0. The first-order valence-electron chi connectivity index (χ1n) is 7.65. The van der Waals surface area contributed by atoms with Crippen molar-refractivity contribution in [3.8, 4) is 0 Å². The van der Waals surface area contributed by atoms with Gasteiger partial charge in [-0.05, 0) is 48.6 Å². The molecule has 0 radical (unpaired) electrons. The Morgan fingerprint density at radius 3 is 1.47 bits per heavy atom. The van der Waals surface area contributed by atoms with Crippen molar-refractivity contribution in [3.05, 3.63) is 10.9 Å². The molecule has 1 heterocycles. The highest BCUT2D eigenvalue weighted by atomic mass is 28.3. The fourth-order valence-corrected chi connectivity index (χ4v) is 13.5. The molecule has 0 aromatic heterocycles. The maximum absolute atomic E-state index is 3.88. The summed E-state index contributed by atoms with van der Waals surface area (Å²) in [6, 6.07) is 0. The Kier molecular flexibility index (Phi) is 3.87. The van der Waals surface area contributed by atoms with Gasteiger partial charge < -0.3 is 5.32 Å². The van der Waals surface area contributed by atoms with Crippen LogP contribution in [0.2, 0.25) is 15.6 Å². The van der Waals surface area contributed by atoms with Gasteiger partial charge in [-0.2, -0.15) is 0 Å². The summed E-state index contributed by atoms with van der Waals surface area (Å²) < 4.78 is 0. The molecule has 0 saturated heterocycles. The molecule has 0 amide bonds. The molecule has 0 aromatic rings. The predicted octanol–water partition coefficient (Wildman–Crippen LogP) is 5.64. The Labute approximate surface area is 122 Å². The summed E-state index contributed by atoms with van der Waals surface area (Å²) in [6.45, 7) is 26.4. The van der Waals surface area contributed by atoms with E-state index >= 15 is 0 Å². The molecule has 1 rings (SSSR count). The van der Waals surface area contributed by atoms with Crippen molar-refractivity contribution in [1.82, 2.24) is 5.32 Å². The van der Waals surface area contributed by atoms with Crippen LogP contribution in [0.4, 0.5) is 0 Å². The molecule has 1 nitrogen and oxygen atoms in total. The van der Waals surface area contributed by atoms with E-state index in [9.17, 15) is 0 Å². The highest BCUT2D eigenvalue weighted by Gasteiger charge is 2.65. The third-order valence-corrected chi connectivity index (χ3v) is 12.7. The molecule has 1 aliphatic rings. The van der Waals surface area contributed by atoms with Gasteiger partial charge in [-0.1, -0.05) is 54.0 Å². The Morgan fingerprint density at radius 2 is 1.21 bits per heavy atom.